The lowest BCUT2D eigenvalue weighted by Crippen LogP contribution is -2.45. The van der Waals surface area contributed by atoms with Crippen molar-refractivity contribution < 1.29 is 24.1 Å². The highest BCUT2D eigenvalue weighted by molar-refractivity contribution is 5.35. The maximum atomic E-state index is 9.14. The van der Waals surface area contributed by atoms with Crippen LogP contribution in [0.2, 0.25) is 0 Å². The van der Waals surface area contributed by atoms with Gasteiger partial charge < -0.3 is 29.4 Å². The zero-order valence-corrected chi connectivity index (χ0v) is 14.8. The molecule has 1 aromatic heterocycles. The minimum atomic E-state index is -0.204. The molecular weight excluding hydrogens is 338 g/mol. The minimum Gasteiger partial charge on any atom is -0.486 e. The molecule has 1 aliphatic rings. The smallest absolute Gasteiger partial charge is 0.229 e. The van der Waals surface area contributed by atoms with Crippen LogP contribution in [0.4, 0.5) is 5.95 Å². The zero-order chi connectivity index (χ0) is 18.4. The Labute approximate surface area is 152 Å². The molecule has 0 spiro atoms. The normalized spacial score (nSPS) is 19.7. The van der Waals surface area contributed by atoms with E-state index in [-0.39, 0.29) is 18.8 Å². The summed E-state index contributed by atoms with van der Waals surface area (Å²) in [6, 6.07) is 8.92. The molecule has 8 heteroatoms. The topological polar surface area (TPSA) is 95.0 Å². The highest BCUT2D eigenvalue weighted by Crippen LogP contribution is 2.23. The second kappa shape index (κ2) is 8.68. The molecule has 140 valence electrons. The molecule has 2 heterocycles. The Morgan fingerprint density at radius 1 is 1.15 bits per heavy atom. The number of hydrogen-bond acceptors (Lipinski definition) is 8. The lowest BCUT2D eigenvalue weighted by Gasteiger charge is -2.32. The molecule has 3 rings (SSSR count). The van der Waals surface area contributed by atoms with E-state index in [1.807, 2.05) is 24.3 Å². The second-order valence-corrected chi connectivity index (χ2v) is 5.85. The predicted octanol–water partition coefficient (Wildman–Crippen LogP) is 1.63. The van der Waals surface area contributed by atoms with Gasteiger partial charge in [-0.2, -0.15) is 9.97 Å². The Morgan fingerprint density at radius 2 is 1.85 bits per heavy atom. The molecule has 0 bridgehead atoms. The third kappa shape index (κ3) is 4.53. The summed E-state index contributed by atoms with van der Waals surface area (Å²) >= 11 is 0. The summed E-state index contributed by atoms with van der Waals surface area (Å²) in [5.41, 5.74) is 0.837. The molecule has 1 fully saturated rings. The minimum absolute atomic E-state index is 0.00596. The molecule has 0 aliphatic carbocycles. The van der Waals surface area contributed by atoms with Crippen LogP contribution in [0, 0.1) is 0 Å². The number of aromatic nitrogens is 2. The van der Waals surface area contributed by atoms with Gasteiger partial charge in [0.2, 0.25) is 17.7 Å². The third-order valence-corrected chi connectivity index (χ3v) is 4.11. The first-order chi connectivity index (χ1) is 12.7. The van der Waals surface area contributed by atoms with Gasteiger partial charge >= 0.3 is 0 Å². The summed E-state index contributed by atoms with van der Waals surface area (Å²) in [5, 5.41) is 12.4. The molecule has 0 saturated carbocycles. The number of rotatable bonds is 7. The van der Waals surface area contributed by atoms with E-state index in [0.29, 0.717) is 36.7 Å². The summed E-state index contributed by atoms with van der Waals surface area (Å²) in [5.74, 6) is 1.97. The average Bonchev–Trinajstić information content (AvgIpc) is 2.69. The van der Waals surface area contributed by atoms with Crippen LogP contribution in [0.3, 0.4) is 0 Å². The molecule has 1 aliphatic heterocycles. The van der Waals surface area contributed by atoms with Gasteiger partial charge in [-0.25, -0.2) is 0 Å². The fraction of sp³-hybridized carbons (Fsp3) is 0.444. The molecule has 2 aromatic rings. The van der Waals surface area contributed by atoms with E-state index in [1.54, 1.807) is 20.3 Å². The van der Waals surface area contributed by atoms with E-state index in [9.17, 15) is 0 Å². The maximum Gasteiger partial charge on any atom is 0.229 e. The number of aliphatic hydroxyl groups is 1. The fourth-order valence-corrected chi connectivity index (χ4v) is 2.68. The van der Waals surface area contributed by atoms with Gasteiger partial charge in [-0.15, -0.1) is 0 Å². The van der Waals surface area contributed by atoms with Gasteiger partial charge in [0.05, 0.1) is 39.5 Å². The third-order valence-electron chi connectivity index (χ3n) is 4.11. The Kier molecular flexibility index (Phi) is 6.08. The molecule has 8 nitrogen and oxygen atoms in total. The monoisotopic (exact) mass is 361 g/mol. The Balaban J connectivity index is 1.72. The lowest BCUT2D eigenvalue weighted by atomic mass is 10.1. The number of benzene rings is 1. The number of hydrogen-bond donors (Lipinski definition) is 2. The molecule has 0 unspecified atom stereocenters. The van der Waals surface area contributed by atoms with Crippen molar-refractivity contribution >= 4 is 5.95 Å². The van der Waals surface area contributed by atoms with Crippen LogP contribution < -0.4 is 19.5 Å². The number of methoxy groups -OCH3 is 2. The van der Waals surface area contributed by atoms with Crippen molar-refractivity contribution in [1.29, 1.82) is 0 Å². The number of aliphatic hydroxyl groups excluding tert-OH is 1. The summed E-state index contributed by atoms with van der Waals surface area (Å²) in [7, 11) is 3.09. The van der Waals surface area contributed by atoms with Crippen molar-refractivity contribution in [3.05, 3.63) is 35.9 Å². The van der Waals surface area contributed by atoms with Crippen LogP contribution in [-0.4, -0.2) is 54.7 Å². The van der Waals surface area contributed by atoms with E-state index in [4.69, 9.17) is 24.1 Å². The number of nitrogens with one attached hydrogen (secondary N) is 1. The van der Waals surface area contributed by atoms with Gasteiger partial charge in [-0.05, 0) is 24.1 Å². The van der Waals surface area contributed by atoms with E-state index < -0.39 is 0 Å². The van der Waals surface area contributed by atoms with Crippen LogP contribution in [0.1, 0.15) is 12.0 Å². The SMILES string of the molecule is COc1cc(OC)nc(N[C@@H]2CCOC[C@H]2Oc2ccc(CO)cc2)n1. The highest BCUT2D eigenvalue weighted by Gasteiger charge is 2.28. The predicted molar refractivity (Wildman–Crippen MR) is 94.8 cm³/mol. The Morgan fingerprint density at radius 3 is 2.46 bits per heavy atom. The van der Waals surface area contributed by atoms with Crippen molar-refractivity contribution in [3.8, 4) is 17.5 Å². The second-order valence-electron chi connectivity index (χ2n) is 5.85. The molecular formula is C18H23N3O5. The molecule has 1 saturated heterocycles. The fourth-order valence-electron chi connectivity index (χ4n) is 2.68. The van der Waals surface area contributed by atoms with Crippen LogP contribution in [0.25, 0.3) is 0 Å². The number of ether oxygens (including phenoxy) is 4. The quantitative estimate of drug-likeness (QED) is 0.768. The van der Waals surface area contributed by atoms with Crippen molar-refractivity contribution in [2.45, 2.75) is 25.2 Å². The lowest BCUT2D eigenvalue weighted by molar-refractivity contribution is -0.000739. The largest absolute Gasteiger partial charge is 0.486 e. The van der Waals surface area contributed by atoms with E-state index in [2.05, 4.69) is 15.3 Å². The first kappa shape index (κ1) is 18.2. The van der Waals surface area contributed by atoms with Crippen molar-refractivity contribution in [3.63, 3.8) is 0 Å². The number of nitrogens with zero attached hydrogens (tertiary/aromatic N) is 2. The maximum absolute atomic E-state index is 9.14. The molecule has 0 amide bonds. The van der Waals surface area contributed by atoms with Gasteiger partial charge in [0.25, 0.3) is 0 Å². The summed E-state index contributed by atoms with van der Waals surface area (Å²) < 4.78 is 22.0. The van der Waals surface area contributed by atoms with E-state index in [1.165, 1.54) is 0 Å². The molecule has 2 N–H and O–H groups in total. The first-order valence-electron chi connectivity index (χ1n) is 8.39. The van der Waals surface area contributed by atoms with Crippen LogP contribution >= 0.6 is 0 Å². The van der Waals surface area contributed by atoms with Gasteiger partial charge in [0.1, 0.15) is 11.9 Å². The summed E-state index contributed by atoms with van der Waals surface area (Å²) in [4.78, 5) is 8.62. The van der Waals surface area contributed by atoms with E-state index >= 15 is 0 Å². The molecule has 0 radical (unpaired) electrons. The first-order valence-corrected chi connectivity index (χ1v) is 8.39. The summed E-state index contributed by atoms with van der Waals surface area (Å²) in [6.07, 6.45) is 0.548. The number of anilines is 1. The zero-order valence-electron chi connectivity index (χ0n) is 14.8. The average molecular weight is 361 g/mol. The van der Waals surface area contributed by atoms with Crippen molar-refractivity contribution in [2.75, 3.05) is 32.8 Å². The molecule has 26 heavy (non-hydrogen) atoms. The van der Waals surface area contributed by atoms with Gasteiger partial charge in [-0.3, -0.25) is 0 Å². The van der Waals surface area contributed by atoms with Crippen LogP contribution in [-0.2, 0) is 11.3 Å². The van der Waals surface area contributed by atoms with Crippen LogP contribution in [0.5, 0.6) is 17.5 Å². The summed E-state index contributed by atoms with van der Waals surface area (Å²) in [6.45, 7) is 1.09. The molecule has 2 atom stereocenters. The Hall–Kier alpha value is -2.58. The molecule has 1 aromatic carbocycles. The van der Waals surface area contributed by atoms with E-state index in [0.717, 1.165) is 12.0 Å². The van der Waals surface area contributed by atoms with Crippen LogP contribution in [0.15, 0.2) is 30.3 Å². The van der Waals surface area contributed by atoms with Crippen molar-refractivity contribution in [2.24, 2.45) is 0 Å². The highest BCUT2D eigenvalue weighted by atomic mass is 16.5. The van der Waals surface area contributed by atoms with Crippen molar-refractivity contribution in [1.82, 2.24) is 9.97 Å². The van der Waals surface area contributed by atoms with Gasteiger partial charge in [0, 0.05) is 6.61 Å². The standard InChI is InChI=1S/C18H23N3O5/c1-23-16-9-17(24-2)21-18(20-16)19-14-7-8-25-11-15(14)26-13-5-3-12(10-22)4-6-13/h3-6,9,14-15,22H,7-8,10-11H2,1-2H3,(H,19,20,21)/t14-,15-/m1/s1. The van der Waals surface area contributed by atoms with Gasteiger partial charge in [0.15, 0.2) is 0 Å². The van der Waals surface area contributed by atoms with Gasteiger partial charge in [-0.1, -0.05) is 12.1 Å². The Bertz CT molecular complexity index is 688.